The fourth-order valence-electron chi connectivity index (χ4n) is 2.46. The molecule has 0 saturated heterocycles. The topological polar surface area (TPSA) is 49.4 Å². The smallest absolute Gasteiger partial charge is 0.243 e. The first kappa shape index (κ1) is 16.2. The zero-order chi connectivity index (χ0) is 15.3. The lowest BCUT2D eigenvalue weighted by molar-refractivity contribution is 0.428. The van der Waals surface area contributed by atoms with Gasteiger partial charge in [-0.3, -0.25) is 0 Å². The van der Waals surface area contributed by atoms with Gasteiger partial charge in [-0.2, -0.15) is 4.31 Å². The van der Waals surface area contributed by atoms with Gasteiger partial charge in [0.15, 0.2) is 0 Å². The Balaban J connectivity index is 2.16. The number of nitrogens with one attached hydrogen (secondary N) is 1. The molecule has 0 bridgehead atoms. The molecular formula is C16H24N2O2S. The normalized spacial score (nSPS) is 16.8. The highest BCUT2D eigenvalue weighted by molar-refractivity contribution is 7.89. The van der Waals surface area contributed by atoms with E-state index in [0.717, 1.165) is 30.5 Å². The first-order chi connectivity index (χ1) is 10.0. The SMILES string of the molecule is CCCNCc1cccc(S(=O)(=O)N2CCC=C(C)C2)c1. The number of nitrogens with zero attached hydrogens (tertiary/aromatic N) is 1. The van der Waals surface area contributed by atoms with Gasteiger partial charge in [-0.25, -0.2) is 8.42 Å². The van der Waals surface area contributed by atoms with Gasteiger partial charge in [-0.1, -0.05) is 30.7 Å². The zero-order valence-electron chi connectivity index (χ0n) is 12.8. The van der Waals surface area contributed by atoms with Crippen molar-refractivity contribution < 1.29 is 8.42 Å². The van der Waals surface area contributed by atoms with E-state index in [1.54, 1.807) is 16.4 Å². The predicted octanol–water partition coefficient (Wildman–Crippen LogP) is 2.53. The standard InChI is InChI=1S/C16H24N2O2S/c1-3-9-17-12-15-7-4-8-16(11-15)21(19,20)18-10-5-6-14(2)13-18/h4,6-8,11,17H,3,5,9-10,12-13H2,1-2H3. The van der Waals surface area contributed by atoms with E-state index in [4.69, 9.17) is 0 Å². The fraction of sp³-hybridized carbons (Fsp3) is 0.500. The van der Waals surface area contributed by atoms with Gasteiger partial charge in [0, 0.05) is 19.6 Å². The van der Waals surface area contributed by atoms with Crippen LogP contribution in [0.1, 0.15) is 32.3 Å². The third-order valence-corrected chi connectivity index (χ3v) is 5.43. The zero-order valence-corrected chi connectivity index (χ0v) is 13.6. The quantitative estimate of drug-likeness (QED) is 0.649. The molecule has 1 aromatic rings. The largest absolute Gasteiger partial charge is 0.313 e. The molecule has 0 radical (unpaired) electrons. The monoisotopic (exact) mass is 308 g/mol. The van der Waals surface area contributed by atoms with E-state index < -0.39 is 10.0 Å². The lowest BCUT2D eigenvalue weighted by atomic mass is 10.2. The van der Waals surface area contributed by atoms with Crippen molar-refractivity contribution in [2.75, 3.05) is 19.6 Å². The number of rotatable bonds is 6. The molecule has 2 rings (SSSR count). The van der Waals surface area contributed by atoms with Gasteiger partial charge in [0.05, 0.1) is 4.90 Å². The van der Waals surface area contributed by atoms with Gasteiger partial charge in [0.25, 0.3) is 0 Å². The van der Waals surface area contributed by atoms with Crippen molar-refractivity contribution in [2.45, 2.75) is 38.1 Å². The second-order valence-corrected chi connectivity index (χ2v) is 7.44. The minimum Gasteiger partial charge on any atom is -0.313 e. The molecule has 21 heavy (non-hydrogen) atoms. The molecule has 1 aliphatic heterocycles. The van der Waals surface area contributed by atoms with E-state index in [0.29, 0.717) is 24.5 Å². The molecule has 1 heterocycles. The summed E-state index contributed by atoms with van der Waals surface area (Å²) in [5, 5.41) is 3.30. The Hall–Kier alpha value is -1.17. The van der Waals surface area contributed by atoms with Crippen molar-refractivity contribution in [3.8, 4) is 0 Å². The van der Waals surface area contributed by atoms with Crippen molar-refractivity contribution in [3.63, 3.8) is 0 Å². The van der Waals surface area contributed by atoms with Crippen LogP contribution in [0.5, 0.6) is 0 Å². The van der Waals surface area contributed by atoms with E-state index in [1.165, 1.54) is 0 Å². The van der Waals surface area contributed by atoms with Crippen molar-refractivity contribution in [2.24, 2.45) is 0 Å². The molecule has 0 unspecified atom stereocenters. The molecule has 1 N–H and O–H groups in total. The highest BCUT2D eigenvalue weighted by Crippen LogP contribution is 2.21. The summed E-state index contributed by atoms with van der Waals surface area (Å²) in [6.45, 7) is 6.80. The molecular weight excluding hydrogens is 284 g/mol. The van der Waals surface area contributed by atoms with Crippen LogP contribution in [0.15, 0.2) is 40.8 Å². The van der Waals surface area contributed by atoms with Gasteiger partial charge < -0.3 is 5.32 Å². The molecule has 1 aliphatic rings. The summed E-state index contributed by atoms with van der Waals surface area (Å²) < 4.78 is 27.0. The highest BCUT2D eigenvalue weighted by atomic mass is 32.2. The third-order valence-electron chi connectivity index (χ3n) is 3.59. The summed E-state index contributed by atoms with van der Waals surface area (Å²) in [6.07, 6.45) is 3.97. The van der Waals surface area contributed by atoms with E-state index in [1.807, 2.05) is 19.1 Å². The molecule has 116 valence electrons. The summed E-state index contributed by atoms with van der Waals surface area (Å²) in [5.74, 6) is 0. The summed E-state index contributed by atoms with van der Waals surface area (Å²) >= 11 is 0. The maximum atomic E-state index is 12.7. The fourth-order valence-corrected chi connectivity index (χ4v) is 4.02. The minimum absolute atomic E-state index is 0.396. The second kappa shape index (κ2) is 7.20. The Kier molecular flexibility index (Phi) is 5.56. The predicted molar refractivity (Wildman–Crippen MR) is 85.6 cm³/mol. The van der Waals surface area contributed by atoms with Crippen LogP contribution in [-0.4, -0.2) is 32.4 Å². The Bertz CT molecular complexity index is 608. The number of hydrogen-bond acceptors (Lipinski definition) is 3. The van der Waals surface area contributed by atoms with Crippen LogP contribution < -0.4 is 5.32 Å². The summed E-state index contributed by atoms with van der Waals surface area (Å²) in [6, 6.07) is 7.25. The van der Waals surface area contributed by atoms with Crippen LogP contribution in [0.2, 0.25) is 0 Å². The van der Waals surface area contributed by atoms with Gasteiger partial charge >= 0.3 is 0 Å². The van der Waals surface area contributed by atoms with E-state index in [-0.39, 0.29) is 0 Å². The molecule has 0 spiro atoms. The summed E-state index contributed by atoms with van der Waals surface area (Å²) in [7, 11) is -3.38. The first-order valence-corrected chi connectivity index (χ1v) is 8.93. The van der Waals surface area contributed by atoms with E-state index in [2.05, 4.69) is 18.3 Å². The van der Waals surface area contributed by atoms with Crippen molar-refractivity contribution >= 4 is 10.0 Å². The molecule has 0 saturated carbocycles. The number of hydrogen-bond donors (Lipinski definition) is 1. The third kappa shape index (κ3) is 4.15. The number of sulfonamides is 1. The molecule has 4 nitrogen and oxygen atoms in total. The van der Waals surface area contributed by atoms with Crippen LogP contribution >= 0.6 is 0 Å². The minimum atomic E-state index is -3.38. The van der Waals surface area contributed by atoms with Crippen LogP contribution in [0, 0.1) is 0 Å². The average Bonchev–Trinajstić information content (AvgIpc) is 2.48. The van der Waals surface area contributed by atoms with Crippen LogP contribution in [0.3, 0.4) is 0 Å². The Labute approximate surface area is 127 Å². The maximum Gasteiger partial charge on any atom is 0.243 e. The Morgan fingerprint density at radius 3 is 2.86 bits per heavy atom. The van der Waals surface area contributed by atoms with Gasteiger partial charge in [-0.15, -0.1) is 0 Å². The van der Waals surface area contributed by atoms with E-state index in [9.17, 15) is 8.42 Å². The molecule has 0 aliphatic carbocycles. The van der Waals surface area contributed by atoms with E-state index >= 15 is 0 Å². The van der Waals surface area contributed by atoms with Crippen LogP contribution in [-0.2, 0) is 16.6 Å². The molecule has 0 fully saturated rings. The Morgan fingerprint density at radius 2 is 2.14 bits per heavy atom. The van der Waals surface area contributed by atoms with Gasteiger partial charge in [0.1, 0.15) is 0 Å². The van der Waals surface area contributed by atoms with Crippen molar-refractivity contribution in [1.82, 2.24) is 9.62 Å². The first-order valence-electron chi connectivity index (χ1n) is 7.49. The Morgan fingerprint density at radius 1 is 1.33 bits per heavy atom. The van der Waals surface area contributed by atoms with Crippen LogP contribution in [0.25, 0.3) is 0 Å². The summed E-state index contributed by atoms with van der Waals surface area (Å²) in [4.78, 5) is 0.396. The molecule has 5 heteroatoms. The van der Waals surface area contributed by atoms with Gasteiger partial charge in [0.2, 0.25) is 10.0 Å². The van der Waals surface area contributed by atoms with Crippen molar-refractivity contribution in [1.29, 1.82) is 0 Å². The lowest BCUT2D eigenvalue weighted by Crippen LogP contribution is -2.35. The van der Waals surface area contributed by atoms with Crippen molar-refractivity contribution in [3.05, 3.63) is 41.5 Å². The summed E-state index contributed by atoms with van der Waals surface area (Å²) in [5.41, 5.74) is 2.12. The second-order valence-electron chi connectivity index (χ2n) is 5.50. The lowest BCUT2D eigenvalue weighted by Gasteiger charge is -2.25. The average molecular weight is 308 g/mol. The molecule has 1 aromatic carbocycles. The van der Waals surface area contributed by atoms with Crippen LogP contribution in [0.4, 0.5) is 0 Å². The maximum absolute atomic E-state index is 12.7. The molecule has 0 amide bonds. The highest BCUT2D eigenvalue weighted by Gasteiger charge is 2.25. The molecule has 0 atom stereocenters. The van der Waals surface area contributed by atoms with Gasteiger partial charge in [-0.05, 0) is 44.0 Å². The molecule has 0 aromatic heterocycles. The number of benzene rings is 1.